The van der Waals surface area contributed by atoms with Gasteiger partial charge >= 0.3 is 0 Å². The number of rotatable bonds is 3. The van der Waals surface area contributed by atoms with E-state index in [-0.39, 0.29) is 5.60 Å². The van der Waals surface area contributed by atoms with E-state index in [1.165, 1.54) is 16.0 Å². The van der Waals surface area contributed by atoms with E-state index in [0.717, 1.165) is 44.0 Å². The van der Waals surface area contributed by atoms with Crippen LogP contribution in [0.3, 0.4) is 0 Å². The number of hydrogen-bond donors (Lipinski definition) is 0. The van der Waals surface area contributed by atoms with Gasteiger partial charge in [-0.25, -0.2) is 9.38 Å². The van der Waals surface area contributed by atoms with Gasteiger partial charge in [-0.05, 0) is 44.0 Å². The van der Waals surface area contributed by atoms with E-state index in [4.69, 9.17) is 21.3 Å². The molecule has 1 aliphatic rings. The summed E-state index contributed by atoms with van der Waals surface area (Å²) in [7, 11) is 0. The van der Waals surface area contributed by atoms with Crippen molar-refractivity contribution in [3.05, 3.63) is 51.1 Å². The van der Waals surface area contributed by atoms with Gasteiger partial charge in [0.05, 0.1) is 17.6 Å². The summed E-state index contributed by atoms with van der Waals surface area (Å²) in [5, 5.41) is 16.3. The van der Waals surface area contributed by atoms with Crippen LogP contribution < -0.4 is 0 Å². The number of ether oxygens (including phenoxy) is 1. The summed E-state index contributed by atoms with van der Waals surface area (Å²) in [6.07, 6.45) is 0.838. The van der Waals surface area contributed by atoms with Gasteiger partial charge in [-0.2, -0.15) is 4.52 Å². The minimum atomic E-state index is -0.207. The van der Waals surface area contributed by atoms with Gasteiger partial charge in [-0.15, -0.1) is 26.6 Å². The van der Waals surface area contributed by atoms with Gasteiger partial charge < -0.3 is 4.74 Å². The zero-order chi connectivity index (χ0) is 21.3. The Balaban J connectivity index is 1.56. The molecule has 0 radical (unpaired) electrons. The normalized spacial score (nSPS) is 15.9. The van der Waals surface area contributed by atoms with Crippen LogP contribution in [0.1, 0.15) is 35.7 Å². The van der Waals surface area contributed by atoms with E-state index >= 15 is 0 Å². The summed E-state index contributed by atoms with van der Waals surface area (Å²) in [5.41, 5.74) is 3.12. The topological polar surface area (TPSA) is 69.6 Å². The Labute approximate surface area is 191 Å². The molecule has 5 aromatic rings. The van der Waals surface area contributed by atoms with Crippen molar-refractivity contribution in [1.82, 2.24) is 29.2 Å². The van der Waals surface area contributed by atoms with E-state index < -0.39 is 0 Å². The largest absolute Gasteiger partial charge is 0.370 e. The molecule has 0 bridgehead atoms. The summed E-state index contributed by atoms with van der Waals surface area (Å²) in [6, 6.07) is 7.90. The number of fused-ring (bicyclic) bond motifs is 8. The summed E-state index contributed by atoms with van der Waals surface area (Å²) >= 11 is 9.42. The van der Waals surface area contributed by atoms with Crippen LogP contribution in [-0.4, -0.2) is 34.8 Å². The first-order valence-electron chi connectivity index (χ1n) is 9.95. The molecule has 0 saturated carbocycles. The van der Waals surface area contributed by atoms with E-state index in [9.17, 15) is 0 Å². The molecule has 0 unspecified atom stereocenters. The molecule has 0 N–H and O–H groups in total. The highest BCUT2D eigenvalue weighted by molar-refractivity contribution is 7.98. The molecule has 0 spiro atoms. The molecule has 0 aliphatic carbocycles. The SMILES string of the molecule is Cc1nc2c3c4c(sc3n3c(SCc5ccc(Cl)cc5)nnc3n2n1)COC(C)(C)C4. The molecule has 6 rings (SSSR count). The Morgan fingerprint density at radius 2 is 2.03 bits per heavy atom. The molecular formula is C21H19ClN6OS2. The lowest BCUT2D eigenvalue weighted by Crippen LogP contribution is -2.31. The standard InChI is InChI=1S/C21H19ClN6OS2/c1-11-23-17-16-14-8-21(2,3)29-9-15(14)31-18(16)27-19(28(17)26-11)24-25-20(27)30-10-12-4-6-13(22)7-5-12/h4-7H,8-10H2,1-3H3. The van der Waals surface area contributed by atoms with Crippen molar-refractivity contribution in [1.29, 1.82) is 0 Å². The molecule has 7 nitrogen and oxygen atoms in total. The van der Waals surface area contributed by atoms with Crippen molar-refractivity contribution in [3.63, 3.8) is 0 Å². The number of nitrogens with zero attached hydrogens (tertiary/aromatic N) is 6. The lowest BCUT2D eigenvalue weighted by Gasteiger charge is -2.30. The molecular weight excluding hydrogens is 452 g/mol. The van der Waals surface area contributed by atoms with Gasteiger partial charge in [0.25, 0.3) is 5.78 Å². The van der Waals surface area contributed by atoms with Gasteiger partial charge in [-0.1, -0.05) is 35.5 Å². The van der Waals surface area contributed by atoms with E-state index in [1.54, 1.807) is 23.1 Å². The van der Waals surface area contributed by atoms with Gasteiger partial charge in [0, 0.05) is 22.1 Å². The first-order chi connectivity index (χ1) is 14.9. The molecule has 0 atom stereocenters. The number of thiophene rings is 1. The minimum Gasteiger partial charge on any atom is -0.370 e. The van der Waals surface area contributed by atoms with Crippen LogP contribution in [0.5, 0.6) is 0 Å². The number of aromatic nitrogens is 6. The first kappa shape index (κ1) is 19.5. The summed E-state index contributed by atoms with van der Waals surface area (Å²) in [4.78, 5) is 7.09. The summed E-state index contributed by atoms with van der Waals surface area (Å²) in [5.74, 6) is 2.18. The molecule has 1 aromatic carbocycles. The second kappa shape index (κ2) is 6.90. The third kappa shape index (κ3) is 3.14. The number of aryl methyl sites for hydroxylation is 1. The first-order valence-corrected chi connectivity index (χ1v) is 12.1. The Morgan fingerprint density at radius 1 is 1.23 bits per heavy atom. The Morgan fingerprint density at radius 3 is 2.84 bits per heavy atom. The zero-order valence-corrected chi connectivity index (χ0v) is 19.6. The predicted octanol–water partition coefficient (Wildman–Crippen LogP) is 5.09. The van der Waals surface area contributed by atoms with Crippen LogP contribution in [0.4, 0.5) is 0 Å². The predicted molar refractivity (Wildman–Crippen MR) is 123 cm³/mol. The quantitative estimate of drug-likeness (QED) is 0.342. The highest BCUT2D eigenvalue weighted by Gasteiger charge is 2.32. The second-order valence-corrected chi connectivity index (χ2v) is 10.8. The van der Waals surface area contributed by atoms with Gasteiger partial charge in [0.2, 0.25) is 0 Å². The molecule has 5 heterocycles. The van der Waals surface area contributed by atoms with Crippen molar-refractivity contribution in [2.24, 2.45) is 0 Å². The molecule has 158 valence electrons. The monoisotopic (exact) mass is 470 g/mol. The van der Waals surface area contributed by atoms with Crippen LogP contribution in [0.25, 0.3) is 21.6 Å². The number of benzene rings is 1. The molecule has 0 amide bonds. The Hall–Kier alpha value is -2.20. The lowest BCUT2D eigenvalue weighted by atomic mass is 9.94. The highest BCUT2D eigenvalue weighted by Crippen LogP contribution is 2.41. The van der Waals surface area contributed by atoms with Crippen LogP contribution >= 0.6 is 34.7 Å². The number of halogens is 1. The van der Waals surface area contributed by atoms with Crippen LogP contribution in [0, 0.1) is 6.92 Å². The third-order valence-corrected chi connectivity index (χ3v) is 7.94. The molecule has 1 aliphatic heterocycles. The number of thioether (sulfide) groups is 1. The average Bonchev–Trinajstić information content (AvgIpc) is 3.41. The minimum absolute atomic E-state index is 0.207. The Bertz CT molecular complexity index is 1470. The fraction of sp³-hybridized carbons (Fsp3) is 0.333. The maximum absolute atomic E-state index is 6.09. The van der Waals surface area contributed by atoms with Crippen LogP contribution in [0.2, 0.25) is 5.02 Å². The van der Waals surface area contributed by atoms with Crippen molar-refractivity contribution in [2.45, 2.75) is 50.3 Å². The maximum Gasteiger partial charge on any atom is 0.260 e. The summed E-state index contributed by atoms with van der Waals surface area (Å²) < 4.78 is 10.0. The number of hydrogen-bond acceptors (Lipinski definition) is 7. The molecule has 4 aromatic heterocycles. The van der Waals surface area contributed by atoms with Crippen molar-refractivity contribution in [2.75, 3.05) is 0 Å². The molecule has 0 saturated heterocycles. The zero-order valence-electron chi connectivity index (χ0n) is 17.2. The second-order valence-electron chi connectivity index (χ2n) is 8.34. The molecule has 0 fully saturated rings. The lowest BCUT2D eigenvalue weighted by molar-refractivity contribution is -0.0379. The average molecular weight is 471 g/mol. The third-order valence-electron chi connectivity index (χ3n) is 5.50. The molecule has 10 heteroatoms. The van der Waals surface area contributed by atoms with Crippen LogP contribution in [-0.2, 0) is 23.5 Å². The van der Waals surface area contributed by atoms with E-state index in [2.05, 4.69) is 33.5 Å². The van der Waals surface area contributed by atoms with Gasteiger partial charge in [0.15, 0.2) is 10.8 Å². The maximum atomic E-state index is 6.09. The van der Waals surface area contributed by atoms with E-state index in [0.29, 0.717) is 12.4 Å². The van der Waals surface area contributed by atoms with E-state index in [1.807, 2.05) is 35.7 Å². The Kier molecular flexibility index (Phi) is 4.34. The smallest absolute Gasteiger partial charge is 0.260 e. The fourth-order valence-corrected chi connectivity index (χ4v) is 6.34. The highest BCUT2D eigenvalue weighted by atomic mass is 35.5. The van der Waals surface area contributed by atoms with Crippen molar-refractivity contribution in [3.8, 4) is 0 Å². The van der Waals surface area contributed by atoms with Gasteiger partial charge in [-0.3, -0.25) is 0 Å². The van der Waals surface area contributed by atoms with Crippen molar-refractivity contribution < 1.29 is 4.74 Å². The molecule has 31 heavy (non-hydrogen) atoms. The van der Waals surface area contributed by atoms with Crippen molar-refractivity contribution >= 4 is 56.3 Å². The van der Waals surface area contributed by atoms with Crippen LogP contribution in [0.15, 0.2) is 29.4 Å². The summed E-state index contributed by atoms with van der Waals surface area (Å²) in [6.45, 7) is 6.79. The van der Waals surface area contributed by atoms with Gasteiger partial charge in [0.1, 0.15) is 10.7 Å². The fourth-order valence-electron chi connectivity index (χ4n) is 4.04.